The Kier molecular flexibility index (Phi) is 3.39. The summed E-state index contributed by atoms with van der Waals surface area (Å²) in [5.41, 5.74) is 1.78. The second kappa shape index (κ2) is 5.15. The molecular weight excluding hydrogens is 230 g/mol. The van der Waals surface area contributed by atoms with Gasteiger partial charge in [0.1, 0.15) is 5.76 Å². The summed E-state index contributed by atoms with van der Waals surface area (Å²) in [6.45, 7) is 2.11. The summed E-state index contributed by atoms with van der Waals surface area (Å²) in [4.78, 5) is 11.7. The summed E-state index contributed by atoms with van der Waals surface area (Å²) in [6.07, 6.45) is 0. The number of nitrogens with one attached hydrogen (secondary N) is 1. The molecule has 0 fully saturated rings. The van der Waals surface area contributed by atoms with E-state index in [-0.39, 0.29) is 11.6 Å². The molecule has 0 aliphatic heterocycles. The Balaban J connectivity index is 1.95. The molecule has 1 amide bonds. The molecule has 0 unspecified atom stereocenters. The molecule has 0 aliphatic rings. The number of carbonyl (C=O) groups excluding carboxylic acids is 1. The third-order valence-corrected chi connectivity index (χ3v) is 2.40. The van der Waals surface area contributed by atoms with E-state index < -0.39 is 0 Å². The number of nitriles is 1. The van der Waals surface area contributed by atoms with Gasteiger partial charge < -0.3 is 9.84 Å². The zero-order chi connectivity index (χ0) is 13.0. The number of hydrogen-bond donors (Lipinski definition) is 1. The highest BCUT2D eigenvalue weighted by atomic mass is 16.5. The van der Waals surface area contributed by atoms with Crippen LogP contribution in [0.1, 0.15) is 27.4 Å². The first-order chi connectivity index (χ1) is 8.69. The highest BCUT2D eigenvalue weighted by molar-refractivity contribution is 5.92. The molecule has 0 bridgehead atoms. The summed E-state index contributed by atoms with van der Waals surface area (Å²) >= 11 is 0. The van der Waals surface area contributed by atoms with Crippen molar-refractivity contribution in [2.45, 2.75) is 13.5 Å². The molecule has 5 nitrogen and oxygen atoms in total. The van der Waals surface area contributed by atoms with Gasteiger partial charge in [0.2, 0.25) is 0 Å². The molecule has 90 valence electrons. The van der Waals surface area contributed by atoms with Crippen LogP contribution in [0.5, 0.6) is 0 Å². The van der Waals surface area contributed by atoms with Crippen LogP contribution in [0.2, 0.25) is 0 Å². The normalized spacial score (nSPS) is 9.78. The molecule has 18 heavy (non-hydrogen) atoms. The van der Waals surface area contributed by atoms with Crippen molar-refractivity contribution in [1.29, 1.82) is 5.26 Å². The fraction of sp³-hybridized carbons (Fsp3) is 0.154. The lowest BCUT2D eigenvalue weighted by Crippen LogP contribution is -2.22. The number of amides is 1. The monoisotopic (exact) mass is 241 g/mol. The third kappa shape index (κ3) is 2.74. The maximum atomic E-state index is 11.7. The van der Waals surface area contributed by atoms with Crippen LogP contribution in [0.4, 0.5) is 0 Å². The van der Waals surface area contributed by atoms with E-state index in [1.54, 1.807) is 37.3 Å². The number of rotatable bonds is 3. The minimum absolute atomic E-state index is 0.265. The number of aromatic nitrogens is 1. The fourth-order valence-corrected chi connectivity index (χ4v) is 1.44. The molecule has 2 rings (SSSR count). The Morgan fingerprint density at radius 2 is 2.17 bits per heavy atom. The predicted octanol–water partition coefficient (Wildman–Crippen LogP) is 1.78. The van der Waals surface area contributed by atoms with Gasteiger partial charge in [0.05, 0.1) is 11.6 Å². The number of benzene rings is 1. The van der Waals surface area contributed by atoms with E-state index in [0.29, 0.717) is 17.9 Å². The largest absolute Gasteiger partial charge is 0.361 e. The molecule has 0 saturated heterocycles. The van der Waals surface area contributed by atoms with E-state index in [1.165, 1.54) is 0 Å². The second-order valence-corrected chi connectivity index (χ2v) is 3.81. The number of carbonyl (C=O) groups is 1. The summed E-state index contributed by atoms with van der Waals surface area (Å²) in [5.74, 6) is 0.315. The van der Waals surface area contributed by atoms with Gasteiger partial charge in [-0.3, -0.25) is 4.79 Å². The van der Waals surface area contributed by atoms with E-state index in [1.807, 2.05) is 6.07 Å². The maximum absolute atomic E-state index is 11.7. The van der Waals surface area contributed by atoms with Gasteiger partial charge >= 0.3 is 0 Å². The van der Waals surface area contributed by atoms with Crippen LogP contribution in [0.3, 0.4) is 0 Å². The van der Waals surface area contributed by atoms with Crippen LogP contribution in [0, 0.1) is 18.3 Å². The fourth-order valence-electron chi connectivity index (χ4n) is 1.44. The quantitative estimate of drug-likeness (QED) is 0.888. The first kappa shape index (κ1) is 11.9. The van der Waals surface area contributed by atoms with E-state index in [9.17, 15) is 4.79 Å². The minimum Gasteiger partial charge on any atom is -0.361 e. The highest BCUT2D eigenvalue weighted by Gasteiger charge is 2.09. The van der Waals surface area contributed by atoms with Gasteiger partial charge in [0, 0.05) is 12.6 Å². The van der Waals surface area contributed by atoms with Gasteiger partial charge in [0.25, 0.3) is 5.91 Å². The van der Waals surface area contributed by atoms with Crippen LogP contribution >= 0.6 is 0 Å². The Labute approximate surface area is 104 Å². The van der Waals surface area contributed by atoms with Crippen molar-refractivity contribution >= 4 is 5.91 Å². The first-order valence-electron chi connectivity index (χ1n) is 5.39. The van der Waals surface area contributed by atoms with Crippen molar-refractivity contribution in [3.05, 3.63) is 52.9 Å². The molecule has 1 aromatic carbocycles. The standard InChI is InChI=1S/C13H11N3O2/c1-9-6-12(16-18-9)13(17)15-8-11-4-2-10(7-14)3-5-11/h2-6H,8H2,1H3,(H,15,17). The zero-order valence-electron chi connectivity index (χ0n) is 9.80. The number of hydrogen-bond acceptors (Lipinski definition) is 4. The van der Waals surface area contributed by atoms with Crippen LogP contribution in [0.25, 0.3) is 0 Å². The molecule has 0 atom stereocenters. The zero-order valence-corrected chi connectivity index (χ0v) is 9.80. The Morgan fingerprint density at radius 1 is 1.44 bits per heavy atom. The average Bonchev–Trinajstić information content (AvgIpc) is 2.83. The van der Waals surface area contributed by atoms with Gasteiger partial charge in [-0.05, 0) is 24.6 Å². The second-order valence-electron chi connectivity index (χ2n) is 3.81. The molecule has 1 heterocycles. The van der Waals surface area contributed by atoms with Crippen molar-refractivity contribution in [2.24, 2.45) is 0 Å². The van der Waals surface area contributed by atoms with Gasteiger partial charge in [-0.25, -0.2) is 0 Å². The summed E-state index contributed by atoms with van der Waals surface area (Å²) < 4.78 is 4.82. The average molecular weight is 241 g/mol. The third-order valence-electron chi connectivity index (χ3n) is 2.40. The van der Waals surface area contributed by atoms with Crippen LogP contribution in [0.15, 0.2) is 34.9 Å². The van der Waals surface area contributed by atoms with Crippen LogP contribution < -0.4 is 5.32 Å². The van der Waals surface area contributed by atoms with Crippen molar-refractivity contribution in [2.75, 3.05) is 0 Å². The number of aryl methyl sites for hydroxylation is 1. The number of nitrogens with zero attached hydrogens (tertiary/aromatic N) is 2. The van der Waals surface area contributed by atoms with Crippen molar-refractivity contribution in [3.63, 3.8) is 0 Å². The Bertz CT molecular complexity index is 593. The topological polar surface area (TPSA) is 78.9 Å². The Morgan fingerprint density at radius 3 is 2.72 bits per heavy atom. The molecule has 2 aromatic rings. The summed E-state index contributed by atoms with van der Waals surface area (Å²) in [7, 11) is 0. The molecule has 0 saturated carbocycles. The predicted molar refractivity (Wildman–Crippen MR) is 63.6 cm³/mol. The van der Waals surface area contributed by atoms with E-state index in [2.05, 4.69) is 10.5 Å². The summed E-state index contributed by atoms with van der Waals surface area (Å²) in [5, 5.41) is 15.0. The SMILES string of the molecule is Cc1cc(C(=O)NCc2ccc(C#N)cc2)no1. The molecule has 0 radical (unpaired) electrons. The smallest absolute Gasteiger partial charge is 0.273 e. The van der Waals surface area contributed by atoms with Crippen molar-refractivity contribution in [1.82, 2.24) is 10.5 Å². The lowest BCUT2D eigenvalue weighted by atomic mass is 10.1. The van der Waals surface area contributed by atoms with E-state index >= 15 is 0 Å². The van der Waals surface area contributed by atoms with Gasteiger partial charge in [-0.1, -0.05) is 17.3 Å². The van der Waals surface area contributed by atoms with Crippen molar-refractivity contribution < 1.29 is 9.32 Å². The van der Waals surface area contributed by atoms with E-state index in [0.717, 1.165) is 5.56 Å². The lowest BCUT2D eigenvalue weighted by molar-refractivity contribution is 0.0942. The summed E-state index contributed by atoms with van der Waals surface area (Å²) in [6, 6.07) is 10.6. The van der Waals surface area contributed by atoms with Gasteiger partial charge in [-0.2, -0.15) is 5.26 Å². The molecule has 1 N–H and O–H groups in total. The minimum atomic E-state index is -0.281. The van der Waals surface area contributed by atoms with Crippen molar-refractivity contribution in [3.8, 4) is 6.07 Å². The molecule has 0 aliphatic carbocycles. The molecule has 0 spiro atoms. The first-order valence-corrected chi connectivity index (χ1v) is 5.39. The van der Waals surface area contributed by atoms with Crippen LogP contribution in [-0.4, -0.2) is 11.1 Å². The molecule has 1 aromatic heterocycles. The molecule has 5 heteroatoms. The van der Waals surface area contributed by atoms with E-state index in [4.69, 9.17) is 9.78 Å². The van der Waals surface area contributed by atoms with Crippen LogP contribution in [-0.2, 0) is 6.54 Å². The molecular formula is C13H11N3O2. The van der Waals surface area contributed by atoms with Gasteiger partial charge in [-0.15, -0.1) is 0 Å². The Hall–Kier alpha value is -2.61. The maximum Gasteiger partial charge on any atom is 0.273 e. The van der Waals surface area contributed by atoms with Gasteiger partial charge in [0.15, 0.2) is 5.69 Å². The lowest BCUT2D eigenvalue weighted by Gasteiger charge is -2.02. The highest BCUT2D eigenvalue weighted by Crippen LogP contribution is 2.04.